The second-order valence-electron chi connectivity index (χ2n) is 3.55. The van der Waals surface area contributed by atoms with E-state index in [0.717, 1.165) is 16.9 Å². The van der Waals surface area contributed by atoms with Gasteiger partial charge in [0.15, 0.2) is 0 Å². The van der Waals surface area contributed by atoms with E-state index in [1.165, 1.54) is 5.56 Å². The van der Waals surface area contributed by atoms with Crippen LogP contribution in [0.15, 0.2) is 24.3 Å². The fourth-order valence-electron chi connectivity index (χ4n) is 1.20. The van der Waals surface area contributed by atoms with E-state index in [-0.39, 0.29) is 0 Å². The second kappa shape index (κ2) is 5.74. The summed E-state index contributed by atoms with van der Waals surface area (Å²) in [5.74, 6) is 0. The molecular weight excluding hydrogens is 261 g/mol. The molecule has 0 saturated heterocycles. The zero-order chi connectivity index (χ0) is 10.6. The Balaban J connectivity index is 2.60. The van der Waals surface area contributed by atoms with Crippen LogP contribution >= 0.6 is 27.5 Å². The Bertz CT molecular complexity index is 290. The summed E-state index contributed by atoms with van der Waals surface area (Å²) in [7, 11) is 2.12. The van der Waals surface area contributed by atoms with Crippen molar-refractivity contribution >= 4 is 27.5 Å². The molecule has 0 spiro atoms. The molecule has 0 radical (unpaired) electrons. The maximum absolute atomic E-state index is 5.91. The number of hydrogen-bond donors (Lipinski definition) is 0. The van der Waals surface area contributed by atoms with Crippen molar-refractivity contribution in [1.82, 2.24) is 4.90 Å². The first-order valence-corrected chi connectivity index (χ1v) is 6.14. The Morgan fingerprint density at radius 1 is 1.50 bits per heavy atom. The second-order valence-corrected chi connectivity index (χ2v) is 4.63. The summed E-state index contributed by atoms with van der Waals surface area (Å²) >= 11 is 9.39. The van der Waals surface area contributed by atoms with Crippen molar-refractivity contribution < 1.29 is 0 Å². The molecule has 0 aliphatic heterocycles. The van der Waals surface area contributed by atoms with Crippen LogP contribution in [0.1, 0.15) is 12.5 Å². The molecule has 0 N–H and O–H groups in total. The van der Waals surface area contributed by atoms with Crippen LogP contribution in [0.5, 0.6) is 0 Å². The Morgan fingerprint density at radius 2 is 2.21 bits per heavy atom. The van der Waals surface area contributed by atoms with Crippen LogP contribution < -0.4 is 0 Å². The van der Waals surface area contributed by atoms with Gasteiger partial charge < -0.3 is 0 Å². The Labute approximate surface area is 99.2 Å². The van der Waals surface area contributed by atoms with Crippen molar-refractivity contribution in [3.8, 4) is 0 Å². The highest BCUT2D eigenvalue weighted by molar-refractivity contribution is 9.09. The Morgan fingerprint density at radius 3 is 2.79 bits per heavy atom. The van der Waals surface area contributed by atoms with Crippen LogP contribution in [0.25, 0.3) is 0 Å². The number of hydrogen-bond acceptors (Lipinski definition) is 1. The maximum atomic E-state index is 5.91. The van der Waals surface area contributed by atoms with Crippen molar-refractivity contribution in [2.45, 2.75) is 19.5 Å². The Kier molecular flexibility index (Phi) is 4.93. The largest absolute Gasteiger partial charge is 0.299 e. The van der Waals surface area contributed by atoms with Crippen LogP contribution in [-0.4, -0.2) is 23.3 Å². The molecule has 3 heteroatoms. The third kappa shape index (κ3) is 3.60. The van der Waals surface area contributed by atoms with Crippen LogP contribution in [-0.2, 0) is 6.54 Å². The molecule has 1 unspecified atom stereocenters. The zero-order valence-electron chi connectivity index (χ0n) is 8.50. The zero-order valence-corrected chi connectivity index (χ0v) is 10.8. The van der Waals surface area contributed by atoms with Gasteiger partial charge in [0.2, 0.25) is 0 Å². The molecule has 1 rings (SSSR count). The molecule has 0 fully saturated rings. The van der Waals surface area contributed by atoms with Gasteiger partial charge in [0.05, 0.1) is 0 Å². The van der Waals surface area contributed by atoms with Gasteiger partial charge in [-0.1, -0.05) is 39.7 Å². The van der Waals surface area contributed by atoms with Crippen molar-refractivity contribution in [2.24, 2.45) is 0 Å². The van der Waals surface area contributed by atoms with E-state index >= 15 is 0 Å². The fourth-order valence-corrected chi connectivity index (χ4v) is 1.90. The van der Waals surface area contributed by atoms with E-state index in [1.54, 1.807) is 0 Å². The number of nitrogens with zero attached hydrogens (tertiary/aromatic N) is 1. The maximum Gasteiger partial charge on any atom is 0.0409 e. The SMILES string of the molecule is CC(CBr)N(C)Cc1cccc(Cl)c1. The number of halogens is 2. The van der Waals surface area contributed by atoms with Gasteiger partial charge in [0, 0.05) is 22.9 Å². The molecule has 1 atom stereocenters. The van der Waals surface area contributed by atoms with Gasteiger partial charge in [0.25, 0.3) is 0 Å². The van der Waals surface area contributed by atoms with E-state index in [2.05, 4.69) is 40.9 Å². The molecule has 0 amide bonds. The van der Waals surface area contributed by atoms with Crippen LogP contribution in [0.2, 0.25) is 5.02 Å². The Hall–Kier alpha value is -0.0500. The summed E-state index contributed by atoms with van der Waals surface area (Å²) < 4.78 is 0. The first kappa shape index (κ1) is 12.0. The lowest BCUT2D eigenvalue weighted by Crippen LogP contribution is -2.29. The van der Waals surface area contributed by atoms with Crippen molar-refractivity contribution in [3.05, 3.63) is 34.9 Å². The number of rotatable bonds is 4. The van der Waals surface area contributed by atoms with E-state index < -0.39 is 0 Å². The van der Waals surface area contributed by atoms with E-state index in [4.69, 9.17) is 11.6 Å². The van der Waals surface area contributed by atoms with Gasteiger partial charge in [-0.2, -0.15) is 0 Å². The molecule has 1 aromatic rings. The first-order chi connectivity index (χ1) is 6.63. The molecule has 0 aliphatic rings. The highest BCUT2D eigenvalue weighted by Gasteiger charge is 2.07. The van der Waals surface area contributed by atoms with Crippen LogP contribution in [0.4, 0.5) is 0 Å². The summed E-state index contributed by atoms with van der Waals surface area (Å²) in [6.45, 7) is 3.13. The van der Waals surface area contributed by atoms with Gasteiger partial charge in [0.1, 0.15) is 0 Å². The number of alkyl halides is 1. The van der Waals surface area contributed by atoms with Crippen molar-refractivity contribution in [2.75, 3.05) is 12.4 Å². The predicted molar refractivity (Wildman–Crippen MR) is 66.2 cm³/mol. The average molecular weight is 277 g/mol. The molecule has 14 heavy (non-hydrogen) atoms. The standard InChI is InChI=1S/C11H15BrClN/c1-9(7-12)14(2)8-10-4-3-5-11(13)6-10/h3-6,9H,7-8H2,1-2H3. The molecule has 1 nitrogen and oxygen atoms in total. The lowest BCUT2D eigenvalue weighted by atomic mass is 10.2. The molecule has 0 saturated carbocycles. The van der Waals surface area contributed by atoms with Gasteiger partial charge in [-0.25, -0.2) is 0 Å². The third-order valence-corrected chi connectivity index (χ3v) is 3.47. The van der Waals surface area contributed by atoms with Gasteiger partial charge in [-0.05, 0) is 31.7 Å². The summed E-state index contributed by atoms with van der Waals surface area (Å²) in [6, 6.07) is 8.54. The monoisotopic (exact) mass is 275 g/mol. The van der Waals surface area contributed by atoms with Crippen molar-refractivity contribution in [3.63, 3.8) is 0 Å². The summed E-state index contributed by atoms with van der Waals surface area (Å²) in [5.41, 5.74) is 1.26. The topological polar surface area (TPSA) is 3.24 Å². The molecule has 1 aromatic carbocycles. The molecule has 0 heterocycles. The lowest BCUT2D eigenvalue weighted by Gasteiger charge is -2.22. The minimum Gasteiger partial charge on any atom is -0.299 e. The summed E-state index contributed by atoms with van der Waals surface area (Å²) in [5, 5.41) is 1.80. The molecule has 0 aromatic heterocycles. The number of benzene rings is 1. The highest BCUT2D eigenvalue weighted by atomic mass is 79.9. The van der Waals surface area contributed by atoms with Gasteiger partial charge in [-0.3, -0.25) is 4.90 Å². The fraction of sp³-hybridized carbons (Fsp3) is 0.455. The lowest BCUT2D eigenvalue weighted by molar-refractivity contribution is 0.271. The highest BCUT2D eigenvalue weighted by Crippen LogP contribution is 2.13. The van der Waals surface area contributed by atoms with Gasteiger partial charge >= 0.3 is 0 Å². The quantitative estimate of drug-likeness (QED) is 0.760. The van der Waals surface area contributed by atoms with Gasteiger partial charge in [-0.15, -0.1) is 0 Å². The van der Waals surface area contributed by atoms with E-state index in [0.29, 0.717) is 6.04 Å². The average Bonchev–Trinajstić information content (AvgIpc) is 2.16. The predicted octanol–water partition coefficient (Wildman–Crippen LogP) is 3.56. The van der Waals surface area contributed by atoms with Crippen molar-refractivity contribution in [1.29, 1.82) is 0 Å². The molecule has 0 bridgehead atoms. The van der Waals surface area contributed by atoms with E-state index in [9.17, 15) is 0 Å². The summed E-state index contributed by atoms with van der Waals surface area (Å²) in [6.07, 6.45) is 0. The molecular formula is C11H15BrClN. The smallest absolute Gasteiger partial charge is 0.0409 e. The summed E-state index contributed by atoms with van der Waals surface area (Å²) in [4.78, 5) is 2.29. The van der Waals surface area contributed by atoms with E-state index in [1.807, 2.05) is 18.2 Å². The third-order valence-electron chi connectivity index (χ3n) is 2.30. The first-order valence-electron chi connectivity index (χ1n) is 4.64. The van der Waals surface area contributed by atoms with Crippen LogP contribution in [0.3, 0.4) is 0 Å². The van der Waals surface area contributed by atoms with Crippen LogP contribution in [0, 0.1) is 0 Å². The molecule has 0 aliphatic carbocycles. The minimum atomic E-state index is 0.536. The normalized spacial score (nSPS) is 13.2. The molecule has 78 valence electrons. The minimum absolute atomic E-state index is 0.536.